The lowest BCUT2D eigenvalue weighted by Gasteiger charge is -2.40. The van der Waals surface area contributed by atoms with Crippen molar-refractivity contribution < 1.29 is 22.7 Å². The first-order valence-corrected chi connectivity index (χ1v) is 11.8. The Hall–Kier alpha value is -0.780. The summed E-state index contributed by atoms with van der Waals surface area (Å²) in [4.78, 5) is 16.5. The predicted octanol–water partition coefficient (Wildman–Crippen LogP) is -0.401. The number of hydrogen-bond acceptors (Lipinski definition) is 6. The molecule has 10 heteroatoms. The third-order valence-electron chi connectivity index (χ3n) is 5.80. The SMILES string of the molecule is CC(=O)N(CCCN1CCOCC1)C1CCCN(S(=O)(=O)N2CCOCC2)C1. The zero-order valence-electron chi connectivity index (χ0n) is 16.9. The molecule has 0 spiro atoms. The van der Waals surface area contributed by atoms with Crippen LogP contribution in [0.3, 0.4) is 0 Å². The molecule has 0 saturated carbocycles. The Morgan fingerprint density at radius 3 is 2.29 bits per heavy atom. The van der Waals surface area contributed by atoms with E-state index in [0.717, 1.165) is 52.1 Å². The van der Waals surface area contributed by atoms with E-state index >= 15 is 0 Å². The second-order valence-electron chi connectivity index (χ2n) is 7.69. The Bertz CT molecular complexity index is 605. The first-order valence-electron chi connectivity index (χ1n) is 10.4. The lowest BCUT2D eigenvalue weighted by Crippen LogP contribution is -2.56. The largest absolute Gasteiger partial charge is 0.379 e. The highest BCUT2D eigenvalue weighted by Crippen LogP contribution is 2.22. The number of morpholine rings is 2. The summed E-state index contributed by atoms with van der Waals surface area (Å²) >= 11 is 0. The molecule has 1 unspecified atom stereocenters. The molecule has 9 nitrogen and oxygen atoms in total. The summed E-state index contributed by atoms with van der Waals surface area (Å²) in [7, 11) is -3.49. The molecule has 0 aromatic heterocycles. The van der Waals surface area contributed by atoms with Gasteiger partial charge in [0.05, 0.1) is 26.4 Å². The molecule has 0 N–H and O–H groups in total. The van der Waals surface area contributed by atoms with E-state index in [0.29, 0.717) is 45.9 Å². The fraction of sp³-hybridized carbons (Fsp3) is 0.944. The first kappa shape index (κ1) is 21.9. The van der Waals surface area contributed by atoms with Crippen LogP contribution in [0, 0.1) is 0 Å². The second-order valence-corrected chi connectivity index (χ2v) is 9.62. The van der Waals surface area contributed by atoms with Gasteiger partial charge < -0.3 is 14.4 Å². The molecular weight excluding hydrogens is 384 g/mol. The van der Waals surface area contributed by atoms with Gasteiger partial charge in [-0.05, 0) is 19.3 Å². The summed E-state index contributed by atoms with van der Waals surface area (Å²) < 4.78 is 39.7. The van der Waals surface area contributed by atoms with Gasteiger partial charge in [0, 0.05) is 65.3 Å². The van der Waals surface area contributed by atoms with Gasteiger partial charge >= 0.3 is 0 Å². The maximum Gasteiger partial charge on any atom is 0.282 e. The Kier molecular flexibility index (Phi) is 8.07. The molecule has 0 radical (unpaired) electrons. The molecule has 0 aliphatic carbocycles. The number of carbonyl (C=O) groups excluding carboxylic acids is 1. The van der Waals surface area contributed by atoms with Crippen LogP contribution >= 0.6 is 0 Å². The van der Waals surface area contributed by atoms with Crippen molar-refractivity contribution in [3.8, 4) is 0 Å². The summed E-state index contributed by atoms with van der Waals surface area (Å²) in [6.45, 7) is 9.22. The maximum atomic E-state index is 13.0. The number of nitrogens with zero attached hydrogens (tertiary/aromatic N) is 4. The number of piperidine rings is 1. The van der Waals surface area contributed by atoms with E-state index < -0.39 is 10.2 Å². The van der Waals surface area contributed by atoms with Gasteiger partial charge in [-0.3, -0.25) is 9.69 Å². The van der Waals surface area contributed by atoms with Crippen LogP contribution in [-0.2, 0) is 24.5 Å². The number of hydrogen-bond donors (Lipinski definition) is 0. The van der Waals surface area contributed by atoms with E-state index in [2.05, 4.69) is 4.90 Å². The third-order valence-corrected chi connectivity index (χ3v) is 7.81. The van der Waals surface area contributed by atoms with Crippen molar-refractivity contribution >= 4 is 16.1 Å². The van der Waals surface area contributed by atoms with Gasteiger partial charge in [0.25, 0.3) is 10.2 Å². The highest BCUT2D eigenvalue weighted by Gasteiger charge is 2.36. The number of ether oxygens (including phenoxy) is 2. The summed E-state index contributed by atoms with van der Waals surface area (Å²) in [6, 6.07) is -0.0493. The smallest absolute Gasteiger partial charge is 0.282 e. The average Bonchev–Trinajstić information content (AvgIpc) is 2.72. The fourth-order valence-electron chi connectivity index (χ4n) is 4.21. The van der Waals surface area contributed by atoms with Crippen LogP contribution in [0.15, 0.2) is 0 Å². The standard InChI is InChI=1S/C18H34N4O5S/c1-17(23)22(7-3-5-19-8-12-26-13-9-19)18-4-2-6-21(16-18)28(24,25)20-10-14-27-15-11-20/h18H,2-16H2,1H3. The quantitative estimate of drug-likeness (QED) is 0.560. The van der Waals surface area contributed by atoms with Crippen molar-refractivity contribution in [2.45, 2.75) is 32.2 Å². The maximum absolute atomic E-state index is 13.0. The molecule has 162 valence electrons. The Morgan fingerprint density at radius 2 is 1.64 bits per heavy atom. The van der Waals surface area contributed by atoms with Crippen molar-refractivity contribution in [3.63, 3.8) is 0 Å². The van der Waals surface area contributed by atoms with E-state index in [1.807, 2.05) is 4.90 Å². The van der Waals surface area contributed by atoms with Gasteiger partial charge in [0.1, 0.15) is 0 Å². The molecule has 3 aliphatic rings. The third kappa shape index (κ3) is 5.64. The number of rotatable bonds is 7. The zero-order valence-corrected chi connectivity index (χ0v) is 17.7. The summed E-state index contributed by atoms with van der Waals surface area (Å²) in [6.07, 6.45) is 2.53. The topological polar surface area (TPSA) is 82.6 Å². The highest BCUT2D eigenvalue weighted by molar-refractivity contribution is 7.86. The molecule has 0 aromatic rings. The molecule has 1 atom stereocenters. The zero-order chi connectivity index (χ0) is 20.0. The summed E-state index contributed by atoms with van der Waals surface area (Å²) in [5, 5.41) is 0. The van der Waals surface area contributed by atoms with Gasteiger partial charge in [-0.1, -0.05) is 0 Å². The normalized spacial score (nSPS) is 26.2. The Morgan fingerprint density at radius 1 is 1.00 bits per heavy atom. The molecule has 3 aliphatic heterocycles. The van der Waals surface area contributed by atoms with Gasteiger partial charge in [-0.2, -0.15) is 17.0 Å². The molecule has 3 saturated heterocycles. The number of carbonyl (C=O) groups is 1. The molecule has 3 heterocycles. The number of amides is 1. The van der Waals surface area contributed by atoms with E-state index in [1.54, 1.807) is 11.2 Å². The minimum atomic E-state index is -3.49. The second kappa shape index (κ2) is 10.3. The van der Waals surface area contributed by atoms with E-state index in [1.165, 1.54) is 4.31 Å². The minimum absolute atomic E-state index is 0.0256. The van der Waals surface area contributed by atoms with Gasteiger partial charge in [-0.15, -0.1) is 0 Å². The molecular formula is C18H34N4O5S. The predicted molar refractivity (Wildman–Crippen MR) is 105 cm³/mol. The fourth-order valence-corrected chi connectivity index (χ4v) is 5.87. The van der Waals surface area contributed by atoms with E-state index in [4.69, 9.17) is 9.47 Å². The van der Waals surface area contributed by atoms with Crippen LogP contribution < -0.4 is 0 Å². The lowest BCUT2D eigenvalue weighted by molar-refractivity contribution is -0.132. The van der Waals surface area contributed by atoms with Gasteiger partial charge in [0.15, 0.2) is 0 Å². The minimum Gasteiger partial charge on any atom is -0.379 e. The van der Waals surface area contributed by atoms with Crippen LogP contribution in [0.4, 0.5) is 0 Å². The molecule has 3 fully saturated rings. The van der Waals surface area contributed by atoms with Gasteiger partial charge in [0.2, 0.25) is 5.91 Å². The summed E-state index contributed by atoms with van der Waals surface area (Å²) in [5.74, 6) is 0.0256. The van der Waals surface area contributed by atoms with Crippen LogP contribution in [0.5, 0.6) is 0 Å². The summed E-state index contributed by atoms with van der Waals surface area (Å²) in [5.41, 5.74) is 0. The van der Waals surface area contributed by atoms with Crippen molar-refractivity contribution in [3.05, 3.63) is 0 Å². The van der Waals surface area contributed by atoms with E-state index in [9.17, 15) is 13.2 Å². The van der Waals surface area contributed by atoms with Crippen LogP contribution in [-0.4, -0.2) is 118 Å². The molecule has 0 aromatic carbocycles. The Labute approximate surface area is 168 Å². The van der Waals surface area contributed by atoms with Crippen molar-refractivity contribution in [1.82, 2.24) is 18.4 Å². The lowest BCUT2D eigenvalue weighted by atomic mass is 10.1. The van der Waals surface area contributed by atoms with Crippen molar-refractivity contribution in [2.75, 3.05) is 78.8 Å². The monoisotopic (exact) mass is 418 g/mol. The highest BCUT2D eigenvalue weighted by atomic mass is 32.2. The molecule has 0 bridgehead atoms. The van der Waals surface area contributed by atoms with E-state index in [-0.39, 0.29) is 11.9 Å². The molecule has 28 heavy (non-hydrogen) atoms. The van der Waals surface area contributed by atoms with Gasteiger partial charge in [-0.25, -0.2) is 0 Å². The van der Waals surface area contributed by atoms with Crippen LogP contribution in [0.1, 0.15) is 26.2 Å². The molecule has 3 rings (SSSR count). The average molecular weight is 419 g/mol. The van der Waals surface area contributed by atoms with Crippen molar-refractivity contribution in [1.29, 1.82) is 0 Å². The van der Waals surface area contributed by atoms with Crippen LogP contribution in [0.2, 0.25) is 0 Å². The molecule has 1 amide bonds. The van der Waals surface area contributed by atoms with Crippen molar-refractivity contribution in [2.24, 2.45) is 0 Å². The Balaban J connectivity index is 1.55. The first-order chi connectivity index (χ1) is 13.5. The van der Waals surface area contributed by atoms with Crippen LogP contribution in [0.25, 0.3) is 0 Å².